The predicted molar refractivity (Wildman–Crippen MR) is 82.4 cm³/mol. The molecule has 0 aliphatic rings. The van der Waals surface area contributed by atoms with Crippen LogP contribution in [0.4, 0.5) is 5.82 Å². The Hall–Kier alpha value is -2.63. The Morgan fingerprint density at radius 1 is 1.24 bits per heavy atom. The first-order chi connectivity index (χ1) is 10.2. The highest BCUT2D eigenvalue weighted by Crippen LogP contribution is 2.20. The summed E-state index contributed by atoms with van der Waals surface area (Å²) in [6.07, 6.45) is 1.50. The lowest BCUT2D eigenvalue weighted by Crippen LogP contribution is -2.18. The SMILES string of the molecule is CCn1c(=O)[nH]c2c(N(C)Cc3ccccc3)ncnc21. The van der Waals surface area contributed by atoms with Crippen molar-refractivity contribution in [2.45, 2.75) is 20.0 Å². The van der Waals surface area contributed by atoms with Crippen molar-refractivity contribution < 1.29 is 0 Å². The van der Waals surface area contributed by atoms with Crippen LogP contribution < -0.4 is 10.6 Å². The Morgan fingerprint density at radius 2 is 2.00 bits per heavy atom. The zero-order valence-corrected chi connectivity index (χ0v) is 12.1. The van der Waals surface area contributed by atoms with Gasteiger partial charge in [0.05, 0.1) is 0 Å². The van der Waals surface area contributed by atoms with Gasteiger partial charge in [-0.2, -0.15) is 0 Å². The number of nitrogens with zero attached hydrogens (tertiary/aromatic N) is 4. The number of anilines is 1. The molecule has 0 aliphatic heterocycles. The lowest BCUT2D eigenvalue weighted by atomic mass is 10.2. The molecule has 0 unspecified atom stereocenters. The van der Waals surface area contributed by atoms with E-state index in [-0.39, 0.29) is 5.69 Å². The van der Waals surface area contributed by atoms with Crippen LogP contribution in [0.3, 0.4) is 0 Å². The van der Waals surface area contributed by atoms with Gasteiger partial charge >= 0.3 is 5.69 Å². The number of hydrogen-bond donors (Lipinski definition) is 1. The summed E-state index contributed by atoms with van der Waals surface area (Å²) < 4.78 is 1.61. The van der Waals surface area contributed by atoms with Gasteiger partial charge in [0.1, 0.15) is 11.8 Å². The highest BCUT2D eigenvalue weighted by atomic mass is 16.1. The van der Waals surface area contributed by atoms with E-state index < -0.39 is 0 Å². The minimum Gasteiger partial charge on any atom is -0.353 e. The van der Waals surface area contributed by atoms with E-state index in [1.165, 1.54) is 11.9 Å². The van der Waals surface area contributed by atoms with Crippen molar-refractivity contribution >= 4 is 17.0 Å². The Morgan fingerprint density at radius 3 is 2.71 bits per heavy atom. The largest absolute Gasteiger partial charge is 0.353 e. The van der Waals surface area contributed by atoms with Gasteiger partial charge < -0.3 is 9.88 Å². The van der Waals surface area contributed by atoms with E-state index in [4.69, 9.17) is 0 Å². The van der Waals surface area contributed by atoms with Gasteiger partial charge in [-0.25, -0.2) is 14.8 Å². The van der Waals surface area contributed by atoms with Gasteiger partial charge in [-0.1, -0.05) is 30.3 Å². The molecular formula is C15H17N5O. The molecule has 0 radical (unpaired) electrons. The van der Waals surface area contributed by atoms with Gasteiger partial charge in [-0.05, 0) is 12.5 Å². The van der Waals surface area contributed by atoms with Crippen LogP contribution in [-0.2, 0) is 13.1 Å². The molecule has 0 saturated heterocycles. The molecule has 0 aliphatic carbocycles. The summed E-state index contributed by atoms with van der Waals surface area (Å²) in [5.41, 5.74) is 2.36. The first-order valence-corrected chi connectivity index (χ1v) is 6.89. The van der Waals surface area contributed by atoms with Crippen LogP contribution in [0, 0.1) is 0 Å². The number of nitrogens with one attached hydrogen (secondary N) is 1. The molecule has 0 saturated carbocycles. The molecule has 6 nitrogen and oxygen atoms in total. The van der Waals surface area contributed by atoms with Crippen LogP contribution in [0.15, 0.2) is 41.5 Å². The van der Waals surface area contributed by atoms with Crippen molar-refractivity contribution in [2.75, 3.05) is 11.9 Å². The second-order valence-electron chi connectivity index (χ2n) is 4.91. The number of imidazole rings is 1. The highest BCUT2D eigenvalue weighted by molar-refractivity contribution is 5.83. The Kier molecular flexibility index (Phi) is 3.43. The highest BCUT2D eigenvalue weighted by Gasteiger charge is 2.14. The average molecular weight is 283 g/mol. The second kappa shape index (κ2) is 5.40. The quantitative estimate of drug-likeness (QED) is 0.792. The summed E-state index contributed by atoms with van der Waals surface area (Å²) in [4.78, 5) is 25.3. The molecule has 1 N–H and O–H groups in total. The summed E-state index contributed by atoms with van der Waals surface area (Å²) in [5.74, 6) is 0.730. The van der Waals surface area contributed by atoms with E-state index >= 15 is 0 Å². The van der Waals surface area contributed by atoms with Crippen LogP contribution >= 0.6 is 0 Å². The second-order valence-corrected chi connectivity index (χ2v) is 4.91. The van der Waals surface area contributed by atoms with Gasteiger partial charge in [0.15, 0.2) is 11.5 Å². The van der Waals surface area contributed by atoms with Crippen molar-refractivity contribution in [3.05, 3.63) is 52.7 Å². The molecule has 3 rings (SSSR count). The summed E-state index contributed by atoms with van der Waals surface area (Å²) in [5, 5.41) is 0. The monoisotopic (exact) mass is 283 g/mol. The smallest absolute Gasteiger partial charge is 0.327 e. The maximum Gasteiger partial charge on any atom is 0.327 e. The molecule has 6 heteroatoms. The number of benzene rings is 1. The standard InChI is InChI=1S/C15H17N5O/c1-3-20-14-12(18-15(20)21)13(16-10-17-14)19(2)9-11-7-5-4-6-8-11/h4-8,10H,3,9H2,1-2H3,(H,18,21). The van der Waals surface area contributed by atoms with E-state index in [1.807, 2.05) is 37.1 Å². The third-order valence-corrected chi connectivity index (χ3v) is 3.48. The number of hydrogen-bond acceptors (Lipinski definition) is 4. The molecule has 1 aromatic carbocycles. The molecule has 2 heterocycles. The van der Waals surface area contributed by atoms with Crippen molar-refractivity contribution in [3.63, 3.8) is 0 Å². The molecule has 21 heavy (non-hydrogen) atoms. The van der Waals surface area contributed by atoms with E-state index in [0.717, 1.165) is 5.82 Å². The Balaban J connectivity index is 2.02. The molecule has 0 amide bonds. The van der Waals surface area contributed by atoms with E-state index in [0.29, 0.717) is 24.3 Å². The first-order valence-electron chi connectivity index (χ1n) is 6.89. The normalized spacial score (nSPS) is 11.0. The zero-order valence-electron chi connectivity index (χ0n) is 12.1. The van der Waals surface area contributed by atoms with Crippen LogP contribution in [0.25, 0.3) is 11.2 Å². The van der Waals surface area contributed by atoms with Crippen molar-refractivity contribution in [3.8, 4) is 0 Å². The fourth-order valence-corrected chi connectivity index (χ4v) is 2.47. The summed E-state index contributed by atoms with van der Waals surface area (Å²) in [6, 6.07) is 10.1. The number of fused-ring (bicyclic) bond motifs is 1. The molecule has 108 valence electrons. The van der Waals surface area contributed by atoms with Crippen LogP contribution in [-0.4, -0.2) is 26.6 Å². The zero-order chi connectivity index (χ0) is 14.8. The van der Waals surface area contributed by atoms with Crippen molar-refractivity contribution in [1.82, 2.24) is 19.5 Å². The third-order valence-electron chi connectivity index (χ3n) is 3.48. The van der Waals surface area contributed by atoms with Gasteiger partial charge in [0.25, 0.3) is 0 Å². The topological polar surface area (TPSA) is 66.8 Å². The van der Waals surface area contributed by atoms with Crippen LogP contribution in [0.1, 0.15) is 12.5 Å². The van der Waals surface area contributed by atoms with Crippen LogP contribution in [0.5, 0.6) is 0 Å². The van der Waals surface area contributed by atoms with Gasteiger partial charge in [0, 0.05) is 20.1 Å². The summed E-state index contributed by atoms with van der Waals surface area (Å²) >= 11 is 0. The molecule has 0 fully saturated rings. The van der Waals surface area contributed by atoms with Crippen LogP contribution in [0.2, 0.25) is 0 Å². The van der Waals surface area contributed by atoms with Crippen molar-refractivity contribution in [1.29, 1.82) is 0 Å². The maximum atomic E-state index is 11.9. The lowest BCUT2D eigenvalue weighted by Gasteiger charge is -2.18. The molecule has 0 atom stereocenters. The molecular weight excluding hydrogens is 266 g/mol. The third kappa shape index (κ3) is 2.40. The fourth-order valence-electron chi connectivity index (χ4n) is 2.47. The minimum atomic E-state index is -0.151. The summed E-state index contributed by atoms with van der Waals surface area (Å²) in [7, 11) is 1.95. The molecule has 3 aromatic rings. The number of aryl methyl sites for hydroxylation is 1. The molecule has 0 bridgehead atoms. The van der Waals surface area contributed by atoms with E-state index in [2.05, 4.69) is 27.1 Å². The van der Waals surface area contributed by atoms with E-state index in [9.17, 15) is 4.79 Å². The van der Waals surface area contributed by atoms with Gasteiger partial charge in [-0.3, -0.25) is 4.57 Å². The predicted octanol–water partition coefficient (Wildman–Crippen LogP) is 1.78. The fraction of sp³-hybridized carbons (Fsp3) is 0.267. The number of aromatic amines is 1. The first kappa shape index (κ1) is 13.4. The number of rotatable bonds is 4. The molecule has 0 spiro atoms. The van der Waals surface area contributed by atoms with E-state index in [1.54, 1.807) is 4.57 Å². The number of aromatic nitrogens is 4. The van der Waals surface area contributed by atoms with Crippen molar-refractivity contribution in [2.24, 2.45) is 0 Å². The molecule has 2 aromatic heterocycles. The Labute approximate surface area is 122 Å². The average Bonchev–Trinajstić information content (AvgIpc) is 2.83. The lowest BCUT2D eigenvalue weighted by molar-refractivity contribution is 0.745. The van der Waals surface area contributed by atoms with Gasteiger partial charge in [0.2, 0.25) is 0 Å². The van der Waals surface area contributed by atoms with Gasteiger partial charge in [-0.15, -0.1) is 0 Å². The minimum absolute atomic E-state index is 0.151. The Bertz CT molecular complexity index is 806. The number of H-pyrrole nitrogens is 1. The summed E-state index contributed by atoms with van der Waals surface area (Å²) in [6.45, 7) is 3.22. The maximum absolute atomic E-state index is 11.9.